The second-order valence-corrected chi connectivity index (χ2v) is 18.9. The number of unbranched alkanes of at least 4 members (excludes halogenated alkanes) is 1. The monoisotopic (exact) mass is 1020 g/mol. The Bertz CT molecular complexity index is 1580. The minimum atomic E-state index is -1.20. The van der Waals surface area contributed by atoms with Crippen LogP contribution >= 0.6 is 0 Å². The third-order valence-corrected chi connectivity index (χ3v) is 8.84. The molecular weight excluding hydrogens is 941 g/mol. The number of esters is 3. The van der Waals surface area contributed by atoms with Gasteiger partial charge in [-0.15, -0.1) is 0 Å². The van der Waals surface area contributed by atoms with E-state index in [0.717, 1.165) is 0 Å². The molecule has 1 aliphatic heterocycles. The number of carbonyl (C=O) groups excluding carboxylic acids is 8. The molecule has 1 rings (SSSR count). The number of rotatable bonds is 38. The molecule has 5 amide bonds. The quantitative estimate of drug-likeness (QED) is 0.0346. The highest BCUT2D eigenvalue weighted by molar-refractivity contribution is 6.01. The van der Waals surface area contributed by atoms with E-state index in [2.05, 4.69) is 20.8 Å². The van der Waals surface area contributed by atoms with Crippen LogP contribution < -0.4 is 16.0 Å². The number of imide groups is 1. The maximum atomic E-state index is 13.2. The summed E-state index contributed by atoms with van der Waals surface area (Å²) in [4.78, 5) is 103. The average Bonchev–Trinajstić information content (AvgIpc) is 3.57. The summed E-state index contributed by atoms with van der Waals surface area (Å²) in [5.41, 5.74) is -2.41. The largest absolute Gasteiger partial charge is 0.534 e. The fraction of sp³-hybridized carbons (Fsp3) is 0.830. The van der Waals surface area contributed by atoms with Crippen LogP contribution in [0.2, 0.25) is 0 Å². The van der Waals surface area contributed by atoms with Crippen molar-refractivity contribution in [1.82, 2.24) is 21.0 Å². The average molecular weight is 1020 g/mol. The lowest BCUT2D eigenvalue weighted by Gasteiger charge is -2.27. The number of hydrogen-bond acceptors (Lipinski definition) is 20. The highest BCUT2D eigenvalue weighted by atomic mass is 16.8. The lowest BCUT2D eigenvalue weighted by molar-refractivity contribution is -0.177. The van der Waals surface area contributed by atoms with E-state index in [9.17, 15) is 38.4 Å². The maximum absolute atomic E-state index is 13.2. The Balaban J connectivity index is 2.09. The van der Waals surface area contributed by atoms with Crippen molar-refractivity contribution < 1.29 is 95.3 Å². The number of nitrogens with one attached hydrogen (secondary N) is 3. The number of hydroxylamine groups is 2. The van der Waals surface area contributed by atoms with Gasteiger partial charge in [-0.05, 0) is 94.4 Å². The normalized spacial score (nSPS) is 13.8. The summed E-state index contributed by atoms with van der Waals surface area (Å²) < 4.78 is 59.2. The van der Waals surface area contributed by atoms with Gasteiger partial charge >= 0.3 is 30.1 Å². The predicted molar refractivity (Wildman–Crippen MR) is 251 cm³/mol. The zero-order valence-electron chi connectivity index (χ0n) is 43.4. The molecule has 0 aromatic heterocycles. The molecule has 24 heteroatoms. The molecule has 0 unspecified atom stereocenters. The Morgan fingerprint density at radius 1 is 0.493 bits per heavy atom. The topological polar surface area (TPSA) is 287 Å². The fourth-order valence-electron chi connectivity index (χ4n) is 5.75. The lowest BCUT2D eigenvalue weighted by atomic mass is 10.1. The summed E-state index contributed by atoms with van der Waals surface area (Å²) in [6.45, 7) is 20.5. The zero-order valence-corrected chi connectivity index (χ0v) is 43.4. The van der Waals surface area contributed by atoms with Gasteiger partial charge in [0.1, 0.15) is 35.5 Å². The number of nitrogens with zero attached hydrogens (tertiary/aromatic N) is 1. The lowest BCUT2D eigenvalue weighted by Crippen LogP contribution is -2.53. The molecule has 1 fully saturated rings. The Morgan fingerprint density at radius 3 is 1.31 bits per heavy atom. The number of hydrogen-bond donors (Lipinski definition) is 3. The molecule has 1 saturated heterocycles. The van der Waals surface area contributed by atoms with Gasteiger partial charge in [-0.25, -0.2) is 19.2 Å². The maximum Gasteiger partial charge on any atom is 0.534 e. The molecule has 0 saturated carbocycles. The predicted octanol–water partition coefficient (Wildman–Crippen LogP) is 3.23. The number of urea groups is 1. The molecule has 410 valence electrons. The molecule has 0 radical (unpaired) electrons. The molecule has 0 aromatic rings. The molecule has 1 aliphatic rings. The van der Waals surface area contributed by atoms with Crippen molar-refractivity contribution in [2.45, 2.75) is 149 Å². The molecule has 3 N–H and O–H groups in total. The van der Waals surface area contributed by atoms with Crippen LogP contribution in [0.5, 0.6) is 0 Å². The second-order valence-electron chi connectivity index (χ2n) is 18.9. The van der Waals surface area contributed by atoms with E-state index in [1.165, 1.54) is 0 Å². The smallest absolute Gasteiger partial charge is 0.460 e. The van der Waals surface area contributed by atoms with Crippen LogP contribution in [0.1, 0.15) is 120 Å². The van der Waals surface area contributed by atoms with Crippen LogP contribution in [0.15, 0.2) is 0 Å². The summed E-state index contributed by atoms with van der Waals surface area (Å²) in [5.74, 6) is -3.27. The number of carbonyl (C=O) groups is 8. The molecule has 1 heterocycles. The van der Waals surface area contributed by atoms with Crippen molar-refractivity contribution in [2.75, 3.05) is 106 Å². The fourth-order valence-corrected chi connectivity index (χ4v) is 5.75. The van der Waals surface area contributed by atoms with E-state index in [1.54, 1.807) is 62.3 Å². The Hall–Kier alpha value is -4.72. The first-order chi connectivity index (χ1) is 33.5. The SMILES string of the molecule is CC(C)(C)OC(=O)CC[C@H](NC(=O)N[C@@H](CCCCNC(=O)CCCOCCOCCOCCOCCOCCOCCOCCOC(=O)ON1C(=O)CCC1=O)C(=O)OC(C)(C)C)C(=O)OC(C)(C)C. The first-order valence-electron chi connectivity index (χ1n) is 24.2. The van der Waals surface area contributed by atoms with Crippen LogP contribution in [0, 0.1) is 0 Å². The van der Waals surface area contributed by atoms with Crippen LogP contribution in [-0.2, 0) is 85.7 Å². The van der Waals surface area contributed by atoms with Crippen molar-refractivity contribution in [1.29, 1.82) is 0 Å². The van der Waals surface area contributed by atoms with E-state index in [1.807, 2.05) is 0 Å². The Morgan fingerprint density at radius 2 is 0.887 bits per heavy atom. The summed E-state index contributed by atoms with van der Waals surface area (Å²) in [6.07, 6.45) is 0.552. The van der Waals surface area contributed by atoms with Crippen molar-refractivity contribution in [2.24, 2.45) is 0 Å². The van der Waals surface area contributed by atoms with Gasteiger partial charge in [-0.1, -0.05) is 5.06 Å². The molecular formula is C47H82N4O20. The van der Waals surface area contributed by atoms with Crippen molar-refractivity contribution in [3.8, 4) is 0 Å². The number of amides is 5. The van der Waals surface area contributed by atoms with E-state index in [-0.39, 0.29) is 64.3 Å². The first-order valence-corrected chi connectivity index (χ1v) is 24.2. The van der Waals surface area contributed by atoms with Crippen molar-refractivity contribution in [3.63, 3.8) is 0 Å². The van der Waals surface area contributed by atoms with Gasteiger partial charge in [0, 0.05) is 38.8 Å². The molecule has 0 aliphatic carbocycles. The third kappa shape index (κ3) is 36.8. The highest BCUT2D eigenvalue weighted by Gasteiger charge is 2.34. The minimum absolute atomic E-state index is 0.00105. The summed E-state index contributed by atoms with van der Waals surface area (Å²) in [7, 11) is 0. The van der Waals surface area contributed by atoms with E-state index in [0.29, 0.717) is 110 Å². The van der Waals surface area contributed by atoms with Gasteiger partial charge in [0.2, 0.25) is 5.91 Å². The van der Waals surface area contributed by atoms with Crippen molar-refractivity contribution in [3.05, 3.63) is 0 Å². The third-order valence-electron chi connectivity index (χ3n) is 8.84. The first kappa shape index (κ1) is 64.3. The Kier molecular flexibility index (Phi) is 32.8. The van der Waals surface area contributed by atoms with Gasteiger partial charge in [-0.3, -0.25) is 24.0 Å². The molecule has 71 heavy (non-hydrogen) atoms. The molecule has 0 spiro atoms. The van der Waals surface area contributed by atoms with Crippen molar-refractivity contribution >= 4 is 47.8 Å². The standard InChI is InChI=1S/C47H82N4O20/c1-45(2,3)68-40(55)18-15-36(42(57)70-47(7,8)9)50-43(58)49-35(41(56)69-46(4,5)6)13-10-11-19-48-37(52)14-12-20-60-21-22-61-23-24-62-25-26-63-27-28-64-29-30-65-31-32-66-33-34-67-44(59)71-51-38(53)16-17-39(51)54/h35-36H,10-34H2,1-9H3,(H,48,52)(H2,49,50,58)/t35-,36-/m0/s1. The van der Waals surface area contributed by atoms with Crippen LogP contribution in [0.4, 0.5) is 9.59 Å². The zero-order chi connectivity index (χ0) is 53.1. The summed E-state index contributed by atoms with van der Waals surface area (Å²) in [5, 5.41) is 8.41. The van der Waals surface area contributed by atoms with Gasteiger partial charge in [0.05, 0.1) is 85.9 Å². The minimum Gasteiger partial charge on any atom is -0.460 e. The molecule has 24 nitrogen and oxygen atoms in total. The number of ether oxygens (including phenoxy) is 11. The summed E-state index contributed by atoms with van der Waals surface area (Å²) >= 11 is 0. The van der Waals surface area contributed by atoms with Crippen LogP contribution in [0.25, 0.3) is 0 Å². The van der Waals surface area contributed by atoms with Gasteiger partial charge in [0.15, 0.2) is 0 Å². The second kappa shape index (κ2) is 36.2. The molecule has 0 bridgehead atoms. The Labute approximate surface area is 418 Å². The van der Waals surface area contributed by atoms with Crippen LogP contribution in [0.3, 0.4) is 0 Å². The molecule has 2 atom stereocenters. The van der Waals surface area contributed by atoms with Gasteiger partial charge in [-0.2, -0.15) is 0 Å². The molecule has 0 aromatic carbocycles. The van der Waals surface area contributed by atoms with Gasteiger partial charge < -0.3 is 68.1 Å². The van der Waals surface area contributed by atoms with Gasteiger partial charge in [0.25, 0.3) is 11.8 Å². The van der Waals surface area contributed by atoms with E-state index >= 15 is 0 Å². The highest BCUT2D eigenvalue weighted by Crippen LogP contribution is 2.16. The summed E-state index contributed by atoms with van der Waals surface area (Å²) in [6, 6.07) is -3.07. The van der Waals surface area contributed by atoms with Crippen LogP contribution in [-0.4, -0.2) is 187 Å². The van der Waals surface area contributed by atoms with E-state index in [4.69, 9.17) is 52.1 Å². The van der Waals surface area contributed by atoms with E-state index < -0.39 is 70.8 Å².